The summed E-state index contributed by atoms with van der Waals surface area (Å²) in [7, 11) is 0. The van der Waals surface area contributed by atoms with Crippen LogP contribution in [0.5, 0.6) is 0 Å². The monoisotopic (exact) mass is 369 g/mol. The van der Waals surface area contributed by atoms with E-state index in [0.29, 0.717) is 6.54 Å². The Bertz CT molecular complexity index is 1030. The fourth-order valence-electron chi connectivity index (χ4n) is 3.33. The van der Waals surface area contributed by atoms with Crippen LogP contribution in [-0.2, 0) is 13.1 Å². The van der Waals surface area contributed by atoms with E-state index >= 15 is 0 Å². The number of nitrogens with one attached hydrogen (secondary N) is 1. The van der Waals surface area contributed by atoms with E-state index in [-0.39, 0.29) is 0 Å². The minimum Gasteiger partial charge on any atom is -0.366 e. The minimum atomic E-state index is 0.711. The largest absolute Gasteiger partial charge is 0.366 e. The van der Waals surface area contributed by atoms with E-state index < -0.39 is 0 Å². The number of aryl methyl sites for hydroxylation is 2. The molecule has 0 atom stereocenters. The van der Waals surface area contributed by atoms with Crippen LogP contribution in [0.2, 0.25) is 0 Å². The zero-order valence-corrected chi connectivity index (χ0v) is 16.1. The van der Waals surface area contributed by atoms with Gasteiger partial charge in [0.1, 0.15) is 11.6 Å². The smallest absolute Gasteiger partial charge is 0.130 e. The molecular weight excluding hydrogens is 346 g/mol. The highest BCUT2D eigenvalue weighted by Gasteiger charge is 2.06. The van der Waals surface area contributed by atoms with E-state index in [1.54, 1.807) is 6.20 Å². The molecule has 2 aromatic carbocycles. The van der Waals surface area contributed by atoms with E-state index in [0.717, 1.165) is 23.9 Å². The van der Waals surface area contributed by atoms with E-state index in [2.05, 4.69) is 73.4 Å². The highest BCUT2D eigenvalue weighted by atomic mass is 15.0. The van der Waals surface area contributed by atoms with Gasteiger partial charge in [0.05, 0.1) is 6.33 Å². The molecule has 0 unspecified atom stereocenters. The van der Waals surface area contributed by atoms with E-state index in [9.17, 15) is 0 Å². The van der Waals surface area contributed by atoms with Crippen LogP contribution in [0.15, 0.2) is 73.3 Å². The minimum absolute atomic E-state index is 0.711. The molecule has 0 spiro atoms. The SMILES string of the molecule is Cc1cc(NCc2ccccc2-c2ccc(Cn3ccnc3)cc2)nc(C)n1. The van der Waals surface area contributed by atoms with Crippen LogP contribution in [0.4, 0.5) is 5.82 Å². The molecule has 2 heterocycles. The standard InChI is InChI=1S/C23H23N5/c1-17-13-23(27-18(2)26-17)25-14-21-5-3-4-6-22(21)20-9-7-19(8-10-20)15-28-12-11-24-16-28/h3-13,16H,14-15H2,1-2H3,(H,25,26,27). The number of hydrogen-bond acceptors (Lipinski definition) is 4. The summed E-state index contributed by atoms with van der Waals surface area (Å²) in [6.07, 6.45) is 5.62. The Morgan fingerprint density at radius 3 is 2.54 bits per heavy atom. The molecule has 1 N–H and O–H groups in total. The first kappa shape index (κ1) is 17.9. The van der Waals surface area contributed by atoms with Crippen LogP contribution >= 0.6 is 0 Å². The maximum atomic E-state index is 4.47. The molecule has 4 aromatic rings. The summed E-state index contributed by atoms with van der Waals surface area (Å²) in [5.74, 6) is 1.64. The fraction of sp³-hybridized carbons (Fsp3) is 0.174. The second kappa shape index (κ2) is 8.05. The molecule has 0 amide bonds. The van der Waals surface area contributed by atoms with Gasteiger partial charge in [-0.15, -0.1) is 0 Å². The zero-order valence-electron chi connectivity index (χ0n) is 16.1. The number of rotatable bonds is 6. The molecule has 0 bridgehead atoms. The van der Waals surface area contributed by atoms with Crippen LogP contribution < -0.4 is 5.32 Å². The molecule has 0 radical (unpaired) electrons. The lowest BCUT2D eigenvalue weighted by Gasteiger charge is -2.12. The molecule has 0 saturated carbocycles. The topological polar surface area (TPSA) is 55.6 Å². The van der Waals surface area contributed by atoms with Gasteiger partial charge in [0, 0.05) is 37.2 Å². The molecule has 0 aliphatic rings. The zero-order chi connectivity index (χ0) is 19.3. The Hall–Kier alpha value is -3.47. The third kappa shape index (κ3) is 4.26. The number of anilines is 1. The van der Waals surface area contributed by atoms with Crippen molar-refractivity contribution in [2.45, 2.75) is 26.9 Å². The maximum Gasteiger partial charge on any atom is 0.130 e. The fourth-order valence-corrected chi connectivity index (χ4v) is 3.33. The molecule has 5 nitrogen and oxygen atoms in total. The molecule has 140 valence electrons. The van der Waals surface area contributed by atoms with Gasteiger partial charge in [-0.3, -0.25) is 0 Å². The lowest BCUT2D eigenvalue weighted by Crippen LogP contribution is -2.05. The normalized spacial score (nSPS) is 10.8. The Morgan fingerprint density at radius 1 is 0.964 bits per heavy atom. The summed E-state index contributed by atoms with van der Waals surface area (Å²) < 4.78 is 2.07. The van der Waals surface area contributed by atoms with Crippen LogP contribution in [0.3, 0.4) is 0 Å². The predicted molar refractivity (Wildman–Crippen MR) is 112 cm³/mol. The lowest BCUT2D eigenvalue weighted by molar-refractivity contribution is 0.797. The van der Waals surface area contributed by atoms with Gasteiger partial charge in [-0.05, 0) is 36.1 Å². The first-order valence-corrected chi connectivity index (χ1v) is 9.36. The molecule has 0 fully saturated rings. The second-order valence-corrected chi connectivity index (χ2v) is 6.88. The summed E-state index contributed by atoms with van der Waals surface area (Å²) in [6, 6.07) is 19.2. The highest BCUT2D eigenvalue weighted by Crippen LogP contribution is 2.25. The van der Waals surface area contributed by atoms with Gasteiger partial charge in [-0.25, -0.2) is 15.0 Å². The quantitative estimate of drug-likeness (QED) is 0.539. The van der Waals surface area contributed by atoms with Crippen LogP contribution in [0.1, 0.15) is 22.6 Å². The summed E-state index contributed by atoms with van der Waals surface area (Å²) in [5.41, 5.74) is 5.90. The maximum absolute atomic E-state index is 4.47. The molecule has 2 aromatic heterocycles. The van der Waals surface area contributed by atoms with Crippen molar-refractivity contribution in [2.75, 3.05) is 5.32 Å². The van der Waals surface area contributed by atoms with Gasteiger partial charge in [0.2, 0.25) is 0 Å². The van der Waals surface area contributed by atoms with Gasteiger partial charge in [-0.2, -0.15) is 0 Å². The van der Waals surface area contributed by atoms with E-state index in [4.69, 9.17) is 0 Å². The van der Waals surface area contributed by atoms with Crippen LogP contribution in [0.25, 0.3) is 11.1 Å². The number of benzene rings is 2. The van der Waals surface area contributed by atoms with Crippen LogP contribution in [0, 0.1) is 13.8 Å². The van der Waals surface area contributed by atoms with Crippen molar-refractivity contribution in [3.63, 3.8) is 0 Å². The summed E-state index contributed by atoms with van der Waals surface area (Å²) >= 11 is 0. The number of aromatic nitrogens is 4. The van der Waals surface area contributed by atoms with Crippen molar-refractivity contribution in [2.24, 2.45) is 0 Å². The van der Waals surface area contributed by atoms with E-state index in [1.165, 1.54) is 22.3 Å². The number of nitrogens with zero attached hydrogens (tertiary/aromatic N) is 4. The predicted octanol–water partition coefficient (Wildman–Crippen LogP) is 4.62. The average Bonchev–Trinajstić information content (AvgIpc) is 3.20. The molecule has 5 heteroatoms. The Labute approximate surface area is 165 Å². The van der Waals surface area contributed by atoms with Gasteiger partial charge < -0.3 is 9.88 Å². The Morgan fingerprint density at radius 2 is 1.79 bits per heavy atom. The average molecular weight is 369 g/mol. The number of imidazole rings is 1. The lowest BCUT2D eigenvalue weighted by atomic mass is 9.98. The summed E-state index contributed by atoms with van der Waals surface area (Å²) in [5, 5.41) is 3.43. The molecule has 0 aliphatic carbocycles. The molecule has 4 rings (SSSR count). The molecular formula is C23H23N5. The van der Waals surface area contributed by atoms with Crippen molar-refractivity contribution >= 4 is 5.82 Å². The van der Waals surface area contributed by atoms with E-state index in [1.807, 2.05) is 32.4 Å². The Kier molecular flexibility index (Phi) is 5.15. The van der Waals surface area contributed by atoms with Gasteiger partial charge in [-0.1, -0.05) is 48.5 Å². The van der Waals surface area contributed by atoms with Gasteiger partial charge in [0.15, 0.2) is 0 Å². The van der Waals surface area contributed by atoms with Crippen molar-refractivity contribution in [1.29, 1.82) is 0 Å². The first-order chi connectivity index (χ1) is 13.7. The first-order valence-electron chi connectivity index (χ1n) is 9.36. The van der Waals surface area contributed by atoms with Crippen molar-refractivity contribution in [3.8, 4) is 11.1 Å². The van der Waals surface area contributed by atoms with Gasteiger partial charge >= 0.3 is 0 Å². The number of hydrogen-bond donors (Lipinski definition) is 1. The third-order valence-electron chi connectivity index (χ3n) is 4.63. The molecule has 28 heavy (non-hydrogen) atoms. The molecule has 0 aliphatic heterocycles. The van der Waals surface area contributed by atoms with Crippen molar-refractivity contribution in [3.05, 3.63) is 96.0 Å². The van der Waals surface area contributed by atoms with Crippen molar-refractivity contribution < 1.29 is 0 Å². The summed E-state index contributed by atoms with van der Waals surface area (Å²) in [6.45, 7) is 5.44. The molecule has 0 saturated heterocycles. The third-order valence-corrected chi connectivity index (χ3v) is 4.63. The Balaban J connectivity index is 1.52. The second-order valence-electron chi connectivity index (χ2n) is 6.88. The van der Waals surface area contributed by atoms with Crippen molar-refractivity contribution in [1.82, 2.24) is 19.5 Å². The summed E-state index contributed by atoms with van der Waals surface area (Å²) in [4.78, 5) is 12.9. The highest BCUT2D eigenvalue weighted by molar-refractivity contribution is 5.68. The van der Waals surface area contributed by atoms with Crippen LogP contribution in [-0.4, -0.2) is 19.5 Å². The van der Waals surface area contributed by atoms with Gasteiger partial charge in [0.25, 0.3) is 0 Å².